The van der Waals surface area contributed by atoms with E-state index in [1.165, 1.54) is 30.4 Å². The van der Waals surface area contributed by atoms with Crippen LogP contribution in [0.4, 0.5) is 10.8 Å². The molecule has 9 nitrogen and oxygen atoms in total. The van der Waals surface area contributed by atoms with Crippen LogP contribution >= 0.6 is 11.3 Å². The number of thiazole rings is 1. The largest absolute Gasteiger partial charge is 0.480 e. The number of carboxylic acid groups (broad SMARTS) is 1. The molecule has 0 fully saturated rings. The number of hydrogen-bond donors (Lipinski definition) is 2. The summed E-state index contributed by atoms with van der Waals surface area (Å²) in [6.45, 7) is 2.50. The van der Waals surface area contributed by atoms with E-state index in [4.69, 9.17) is 10.1 Å². The first-order valence-electron chi connectivity index (χ1n) is 11.4. The maximum Gasteiger partial charge on any atom is 0.325 e. The van der Waals surface area contributed by atoms with Gasteiger partial charge in [0.15, 0.2) is 5.13 Å². The number of aliphatic carboxylic acids is 1. The lowest BCUT2D eigenvalue weighted by Crippen LogP contribution is -2.38. The number of anilines is 1. The van der Waals surface area contributed by atoms with Crippen LogP contribution in [0, 0.1) is 10.1 Å². The zero-order chi connectivity index (χ0) is 26.4. The van der Waals surface area contributed by atoms with Crippen molar-refractivity contribution in [3.8, 4) is 11.3 Å². The van der Waals surface area contributed by atoms with Gasteiger partial charge in [-0.2, -0.15) is 0 Å². The predicted molar refractivity (Wildman–Crippen MR) is 142 cm³/mol. The minimum atomic E-state index is -1.10. The Morgan fingerprint density at radius 1 is 1.03 bits per heavy atom. The van der Waals surface area contributed by atoms with Crippen LogP contribution in [0.25, 0.3) is 11.3 Å². The molecule has 4 rings (SSSR count). The molecule has 37 heavy (non-hydrogen) atoms. The van der Waals surface area contributed by atoms with E-state index < -0.39 is 22.8 Å². The van der Waals surface area contributed by atoms with Gasteiger partial charge in [0.1, 0.15) is 6.04 Å². The summed E-state index contributed by atoms with van der Waals surface area (Å²) in [5, 5.41) is 25.3. The van der Waals surface area contributed by atoms with Gasteiger partial charge in [-0.15, -0.1) is 11.3 Å². The maximum atomic E-state index is 12.3. The van der Waals surface area contributed by atoms with Gasteiger partial charge >= 0.3 is 5.97 Å². The Balaban J connectivity index is 1.56. The molecule has 0 bridgehead atoms. The molecule has 0 saturated carbocycles. The van der Waals surface area contributed by atoms with Gasteiger partial charge in [0.25, 0.3) is 11.6 Å². The van der Waals surface area contributed by atoms with Gasteiger partial charge < -0.3 is 15.3 Å². The molecule has 0 aliphatic carbocycles. The number of nitro benzene ring substituents is 1. The van der Waals surface area contributed by atoms with Crippen LogP contribution in [0.1, 0.15) is 28.4 Å². The summed E-state index contributed by atoms with van der Waals surface area (Å²) in [6, 6.07) is 22.3. The predicted octanol–water partition coefficient (Wildman–Crippen LogP) is 5.13. The molecule has 0 saturated heterocycles. The molecule has 3 aromatic carbocycles. The van der Waals surface area contributed by atoms with Crippen molar-refractivity contribution in [1.82, 2.24) is 10.3 Å². The second kappa shape index (κ2) is 11.4. The highest BCUT2D eigenvalue weighted by Gasteiger charge is 2.17. The van der Waals surface area contributed by atoms with Crippen molar-refractivity contribution in [2.45, 2.75) is 26.1 Å². The fourth-order valence-corrected chi connectivity index (χ4v) is 4.47. The Hall–Kier alpha value is -4.57. The van der Waals surface area contributed by atoms with E-state index in [0.29, 0.717) is 29.9 Å². The number of nitro groups is 1. The minimum Gasteiger partial charge on any atom is -0.480 e. The van der Waals surface area contributed by atoms with Crippen LogP contribution in [-0.4, -0.2) is 32.9 Å². The fraction of sp³-hybridized carbons (Fsp3) is 0.148. The van der Waals surface area contributed by atoms with E-state index in [2.05, 4.69) is 10.2 Å². The average molecular weight is 517 g/mol. The quantitative estimate of drug-likeness (QED) is 0.221. The number of carboxylic acids is 1. The topological polar surface area (TPSA) is 126 Å². The van der Waals surface area contributed by atoms with E-state index in [9.17, 15) is 19.7 Å². The van der Waals surface area contributed by atoms with Crippen molar-refractivity contribution in [1.29, 1.82) is 0 Å². The van der Waals surface area contributed by atoms with Gasteiger partial charge in [-0.1, -0.05) is 54.6 Å². The highest BCUT2D eigenvalue weighted by Crippen LogP contribution is 2.31. The van der Waals surface area contributed by atoms with Crippen LogP contribution in [-0.2, 0) is 17.9 Å². The first kappa shape index (κ1) is 25.5. The molecule has 1 atom stereocenters. The van der Waals surface area contributed by atoms with E-state index in [-0.39, 0.29) is 5.69 Å². The molecule has 1 heterocycles. The number of carbonyl (C=O) groups is 2. The number of benzene rings is 3. The van der Waals surface area contributed by atoms with Crippen LogP contribution in [0.3, 0.4) is 0 Å². The molecule has 0 radical (unpaired) electrons. The van der Waals surface area contributed by atoms with Crippen LogP contribution in [0.5, 0.6) is 0 Å². The molecule has 4 aromatic rings. The third-order valence-electron chi connectivity index (χ3n) is 5.64. The Labute approximate surface area is 217 Å². The van der Waals surface area contributed by atoms with Gasteiger partial charge in [-0.25, -0.2) is 4.98 Å². The molecule has 188 valence electrons. The number of hydrogen-bond acceptors (Lipinski definition) is 7. The SMILES string of the molecule is CC(NC(=O)c1ccc(CN(Cc2ccccc2)c2nc(-c3cccc([N+](=O)[O-])c3)cs2)cc1)C(=O)O. The van der Waals surface area contributed by atoms with Crippen LogP contribution in [0.15, 0.2) is 84.2 Å². The summed E-state index contributed by atoms with van der Waals surface area (Å²) in [4.78, 5) is 41.0. The number of nitrogens with one attached hydrogen (secondary N) is 1. The second-order valence-corrected chi connectivity index (χ2v) is 9.23. The molecular formula is C27H24N4O5S. The molecule has 1 unspecified atom stereocenters. The monoisotopic (exact) mass is 516 g/mol. The van der Waals surface area contributed by atoms with Crippen molar-refractivity contribution in [2.75, 3.05) is 4.90 Å². The van der Waals surface area contributed by atoms with Gasteiger partial charge in [0.05, 0.1) is 10.6 Å². The van der Waals surface area contributed by atoms with Crippen LogP contribution < -0.4 is 10.2 Å². The normalized spacial score (nSPS) is 11.5. The zero-order valence-corrected chi connectivity index (χ0v) is 20.7. The van der Waals surface area contributed by atoms with Crippen molar-refractivity contribution in [3.05, 3.63) is 111 Å². The highest BCUT2D eigenvalue weighted by atomic mass is 32.1. The summed E-state index contributed by atoms with van der Waals surface area (Å²) < 4.78 is 0. The minimum absolute atomic E-state index is 0.00932. The second-order valence-electron chi connectivity index (χ2n) is 8.39. The van der Waals surface area contributed by atoms with Gasteiger partial charge in [0.2, 0.25) is 0 Å². The molecule has 0 spiro atoms. The van der Waals surface area contributed by atoms with Crippen molar-refractivity contribution >= 4 is 34.0 Å². The molecule has 1 aromatic heterocycles. The standard InChI is InChI=1S/C27H24N4O5S/c1-18(26(33)34)28-25(32)21-12-10-20(11-13-21)16-30(15-19-6-3-2-4-7-19)27-29-24(17-37-27)22-8-5-9-23(14-22)31(35)36/h2-14,17-18H,15-16H2,1H3,(H,28,32)(H,33,34). The van der Waals surface area contributed by atoms with E-state index in [1.807, 2.05) is 47.8 Å². The number of amides is 1. The van der Waals surface area contributed by atoms with E-state index >= 15 is 0 Å². The van der Waals surface area contributed by atoms with Crippen LogP contribution in [0.2, 0.25) is 0 Å². The van der Waals surface area contributed by atoms with Gasteiger partial charge in [-0.05, 0) is 30.2 Å². The third kappa shape index (κ3) is 6.56. The Morgan fingerprint density at radius 2 is 1.70 bits per heavy atom. The maximum absolute atomic E-state index is 12.3. The lowest BCUT2D eigenvalue weighted by atomic mass is 10.1. The van der Waals surface area contributed by atoms with Crippen molar-refractivity contribution in [3.63, 3.8) is 0 Å². The number of carbonyl (C=O) groups excluding carboxylic acids is 1. The molecular weight excluding hydrogens is 492 g/mol. The fourth-order valence-electron chi connectivity index (χ4n) is 3.64. The van der Waals surface area contributed by atoms with Gasteiger partial charge in [-0.3, -0.25) is 19.7 Å². The lowest BCUT2D eigenvalue weighted by Gasteiger charge is -2.22. The average Bonchev–Trinajstić information content (AvgIpc) is 3.40. The first-order chi connectivity index (χ1) is 17.8. The number of nitrogens with zero attached hydrogens (tertiary/aromatic N) is 3. The van der Waals surface area contributed by atoms with E-state index in [0.717, 1.165) is 16.3 Å². The summed E-state index contributed by atoms with van der Waals surface area (Å²) in [5.74, 6) is -1.56. The Bertz CT molecular complexity index is 1410. The summed E-state index contributed by atoms with van der Waals surface area (Å²) in [7, 11) is 0. The smallest absolute Gasteiger partial charge is 0.325 e. The third-order valence-corrected chi connectivity index (χ3v) is 6.54. The zero-order valence-electron chi connectivity index (χ0n) is 19.9. The number of rotatable bonds is 10. The molecule has 0 aliphatic heterocycles. The van der Waals surface area contributed by atoms with E-state index in [1.54, 1.807) is 24.3 Å². The van der Waals surface area contributed by atoms with Gasteiger partial charge in [0, 0.05) is 41.7 Å². The van der Waals surface area contributed by atoms with Crippen molar-refractivity contribution in [2.24, 2.45) is 0 Å². The Morgan fingerprint density at radius 3 is 2.35 bits per heavy atom. The Kier molecular flexibility index (Phi) is 7.89. The summed E-state index contributed by atoms with van der Waals surface area (Å²) in [5.41, 5.74) is 3.73. The highest BCUT2D eigenvalue weighted by molar-refractivity contribution is 7.14. The molecule has 1 amide bonds. The first-order valence-corrected chi connectivity index (χ1v) is 12.3. The number of aromatic nitrogens is 1. The molecule has 10 heteroatoms. The molecule has 0 aliphatic rings. The number of non-ortho nitro benzene ring substituents is 1. The lowest BCUT2D eigenvalue weighted by molar-refractivity contribution is -0.384. The summed E-state index contributed by atoms with van der Waals surface area (Å²) in [6.07, 6.45) is 0. The summed E-state index contributed by atoms with van der Waals surface area (Å²) >= 11 is 1.45. The van der Waals surface area contributed by atoms with Crippen molar-refractivity contribution < 1.29 is 19.6 Å². The molecule has 2 N–H and O–H groups in total.